The number of nitrogens with one attached hydrogen (secondary N) is 1. The summed E-state index contributed by atoms with van der Waals surface area (Å²) in [5, 5.41) is 1.05. The number of carbonyl (C=O) groups excluding carboxylic acids is 1. The Morgan fingerprint density at radius 1 is 0.960 bits per heavy atom. The van der Waals surface area contributed by atoms with Gasteiger partial charge in [0.15, 0.2) is 0 Å². The van der Waals surface area contributed by atoms with Gasteiger partial charge in [0.25, 0.3) is 0 Å². The fourth-order valence-electron chi connectivity index (χ4n) is 2.60. The predicted octanol–water partition coefficient (Wildman–Crippen LogP) is 3.73. The van der Waals surface area contributed by atoms with Crippen LogP contribution in [0.25, 0.3) is 10.9 Å². The van der Waals surface area contributed by atoms with E-state index in [-0.39, 0.29) is 19.0 Å². The summed E-state index contributed by atoms with van der Waals surface area (Å²) in [5.74, 6) is 1.26. The van der Waals surface area contributed by atoms with Crippen molar-refractivity contribution in [2.45, 2.75) is 13.3 Å². The Balaban J connectivity index is 1.42. The number of benzene rings is 2. The molecule has 0 fully saturated rings. The lowest BCUT2D eigenvalue weighted by atomic mass is 10.1. The number of ether oxygens (including phenoxy) is 3. The van der Waals surface area contributed by atoms with Gasteiger partial charge in [-0.15, -0.1) is 0 Å². The molecule has 3 aromatic rings. The van der Waals surface area contributed by atoms with Crippen LogP contribution in [0.1, 0.15) is 12.5 Å². The second-order valence-electron chi connectivity index (χ2n) is 5.51. The van der Waals surface area contributed by atoms with Gasteiger partial charge in [0.2, 0.25) is 0 Å². The number of esters is 1. The van der Waals surface area contributed by atoms with Crippen LogP contribution in [0.4, 0.5) is 0 Å². The summed E-state index contributed by atoms with van der Waals surface area (Å²) < 4.78 is 16.2. The molecule has 2 aromatic carbocycles. The number of aromatic nitrogens is 1. The molecule has 0 radical (unpaired) electrons. The SMILES string of the molecule is CCOc1ccc(OCCOC(=O)Cc2c[nH]c3ccccc23)cc1. The maximum atomic E-state index is 12.0. The molecule has 1 N–H and O–H groups in total. The molecule has 5 heteroatoms. The van der Waals surface area contributed by atoms with E-state index in [0.717, 1.165) is 28.0 Å². The Morgan fingerprint density at radius 2 is 1.68 bits per heavy atom. The standard InChI is InChI=1S/C20H21NO4/c1-2-23-16-7-9-17(10-8-16)24-11-12-25-20(22)13-15-14-21-19-6-4-3-5-18(15)19/h3-10,14,21H,2,11-13H2,1H3. The minimum atomic E-state index is -0.264. The lowest BCUT2D eigenvalue weighted by Crippen LogP contribution is -2.13. The fourth-order valence-corrected chi connectivity index (χ4v) is 2.60. The monoisotopic (exact) mass is 339 g/mol. The third kappa shape index (κ3) is 4.53. The van der Waals surface area contributed by atoms with E-state index < -0.39 is 0 Å². The van der Waals surface area contributed by atoms with Crippen molar-refractivity contribution in [3.8, 4) is 11.5 Å². The Hall–Kier alpha value is -2.95. The summed E-state index contributed by atoms with van der Waals surface area (Å²) in [6.45, 7) is 3.10. The number of fused-ring (bicyclic) bond motifs is 1. The van der Waals surface area contributed by atoms with E-state index in [9.17, 15) is 4.79 Å². The second-order valence-corrected chi connectivity index (χ2v) is 5.51. The summed E-state index contributed by atoms with van der Waals surface area (Å²) in [5.41, 5.74) is 1.96. The van der Waals surface area contributed by atoms with Gasteiger partial charge >= 0.3 is 5.97 Å². The zero-order chi connectivity index (χ0) is 17.5. The topological polar surface area (TPSA) is 60.6 Å². The number of rotatable bonds is 8. The summed E-state index contributed by atoms with van der Waals surface area (Å²) in [7, 11) is 0. The number of hydrogen-bond acceptors (Lipinski definition) is 4. The largest absolute Gasteiger partial charge is 0.494 e. The molecule has 0 aliphatic rings. The van der Waals surface area contributed by atoms with Crippen molar-refractivity contribution in [1.29, 1.82) is 0 Å². The van der Waals surface area contributed by atoms with Crippen LogP contribution in [0.5, 0.6) is 11.5 Å². The van der Waals surface area contributed by atoms with Gasteiger partial charge in [-0.25, -0.2) is 0 Å². The highest BCUT2D eigenvalue weighted by Gasteiger charge is 2.09. The summed E-state index contributed by atoms with van der Waals surface area (Å²) in [6, 6.07) is 15.2. The Morgan fingerprint density at radius 3 is 2.44 bits per heavy atom. The minimum Gasteiger partial charge on any atom is -0.494 e. The molecule has 0 bridgehead atoms. The molecule has 0 unspecified atom stereocenters. The van der Waals surface area contributed by atoms with Crippen LogP contribution >= 0.6 is 0 Å². The quantitative estimate of drug-likeness (QED) is 0.502. The van der Waals surface area contributed by atoms with Crippen molar-refractivity contribution in [3.63, 3.8) is 0 Å². The lowest BCUT2D eigenvalue weighted by Gasteiger charge is -2.08. The maximum Gasteiger partial charge on any atom is 0.310 e. The highest BCUT2D eigenvalue weighted by molar-refractivity contribution is 5.87. The molecule has 25 heavy (non-hydrogen) atoms. The van der Waals surface area contributed by atoms with Gasteiger partial charge in [-0.1, -0.05) is 18.2 Å². The normalized spacial score (nSPS) is 10.6. The van der Waals surface area contributed by atoms with Crippen molar-refractivity contribution in [2.75, 3.05) is 19.8 Å². The van der Waals surface area contributed by atoms with Crippen molar-refractivity contribution in [2.24, 2.45) is 0 Å². The van der Waals surface area contributed by atoms with Gasteiger partial charge < -0.3 is 19.2 Å². The number of carbonyl (C=O) groups is 1. The summed E-state index contributed by atoms with van der Waals surface area (Å²) >= 11 is 0. The van der Waals surface area contributed by atoms with Crippen LogP contribution in [0.15, 0.2) is 54.7 Å². The number of para-hydroxylation sites is 1. The van der Waals surface area contributed by atoms with E-state index in [4.69, 9.17) is 14.2 Å². The third-order valence-corrected chi connectivity index (χ3v) is 3.76. The second kappa shape index (κ2) is 8.24. The van der Waals surface area contributed by atoms with Gasteiger partial charge in [-0.2, -0.15) is 0 Å². The Bertz CT molecular complexity index is 823. The first kappa shape index (κ1) is 16.9. The molecule has 0 spiro atoms. The molecular formula is C20H21NO4. The summed E-state index contributed by atoms with van der Waals surface area (Å²) in [6.07, 6.45) is 2.09. The van der Waals surface area contributed by atoms with Crippen molar-refractivity contribution in [1.82, 2.24) is 4.98 Å². The van der Waals surface area contributed by atoms with Crippen molar-refractivity contribution in [3.05, 3.63) is 60.3 Å². The van der Waals surface area contributed by atoms with Crippen LogP contribution in [0.3, 0.4) is 0 Å². The molecule has 0 aliphatic heterocycles. The van der Waals surface area contributed by atoms with Gasteiger partial charge in [-0.3, -0.25) is 4.79 Å². The molecule has 0 atom stereocenters. The first-order valence-electron chi connectivity index (χ1n) is 8.32. The first-order chi connectivity index (χ1) is 12.3. The fraction of sp³-hybridized carbons (Fsp3) is 0.250. The minimum absolute atomic E-state index is 0.217. The van der Waals surface area contributed by atoms with E-state index in [2.05, 4.69) is 4.98 Å². The van der Waals surface area contributed by atoms with Crippen LogP contribution in [-0.2, 0) is 16.0 Å². The number of aromatic amines is 1. The van der Waals surface area contributed by atoms with Crippen LogP contribution in [0, 0.1) is 0 Å². The molecule has 1 aromatic heterocycles. The van der Waals surface area contributed by atoms with Crippen molar-refractivity contribution < 1.29 is 19.0 Å². The Labute approximate surface area is 146 Å². The van der Waals surface area contributed by atoms with Crippen molar-refractivity contribution >= 4 is 16.9 Å². The Kier molecular flexibility index (Phi) is 5.57. The smallest absolute Gasteiger partial charge is 0.310 e. The van der Waals surface area contributed by atoms with E-state index in [1.165, 1.54) is 0 Å². The zero-order valence-electron chi connectivity index (χ0n) is 14.2. The molecule has 3 rings (SSSR count). The summed E-state index contributed by atoms with van der Waals surface area (Å²) in [4.78, 5) is 15.1. The highest BCUT2D eigenvalue weighted by atomic mass is 16.6. The average Bonchev–Trinajstić information content (AvgIpc) is 3.03. The van der Waals surface area contributed by atoms with E-state index in [0.29, 0.717) is 13.2 Å². The van der Waals surface area contributed by atoms with Gasteiger partial charge in [0, 0.05) is 17.1 Å². The average molecular weight is 339 g/mol. The number of H-pyrrole nitrogens is 1. The number of hydrogen-bond donors (Lipinski definition) is 1. The zero-order valence-corrected chi connectivity index (χ0v) is 14.2. The molecule has 0 saturated heterocycles. The third-order valence-electron chi connectivity index (χ3n) is 3.76. The van der Waals surface area contributed by atoms with E-state index >= 15 is 0 Å². The molecule has 0 aliphatic carbocycles. The van der Waals surface area contributed by atoms with Gasteiger partial charge in [-0.05, 0) is 42.8 Å². The van der Waals surface area contributed by atoms with Crippen LogP contribution in [0.2, 0.25) is 0 Å². The van der Waals surface area contributed by atoms with E-state index in [1.54, 1.807) is 0 Å². The van der Waals surface area contributed by atoms with Gasteiger partial charge in [0.1, 0.15) is 24.7 Å². The predicted molar refractivity (Wildman–Crippen MR) is 96.1 cm³/mol. The van der Waals surface area contributed by atoms with Crippen LogP contribution in [-0.4, -0.2) is 30.8 Å². The van der Waals surface area contributed by atoms with E-state index in [1.807, 2.05) is 61.7 Å². The lowest BCUT2D eigenvalue weighted by molar-refractivity contribution is -0.143. The molecule has 1 heterocycles. The van der Waals surface area contributed by atoms with Gasteiger partial charge in [0.05, 0.1) is 13.0 Å². The molecule has 5 nitrogen and oxygen atoms in total. The molecule has 0 saturated carbocycles. The van der Waals surface area contributed by atoms with Crippen LogP contribution < -0.4 is 9.47 Å². The molecule has 0 amide bonds. The molecular weight excluding hydrogens is 318 g/mol. The highest BCUT2D eigenvalue weighted by Crippen LogP contribution is 2.19. The molecule has 130 valence electrons. The first-order valence-corrected chi connectivity index (χ1v) is 8.32. The maximum absolute atomic E-state index is 12.0.